The third-order valence-electron chi connectivity index (χ3n) is 2.76. The Balaban J connectivity index is 2.70. The van der Waals surface area contributed by atoms with E-state index in [0.29, 0.717) is 12.2 Å². The number of hydrogen-bond donors (Lipinski definition) is 3. The average Bonchev–Trinajstić information content (AvgIpc) is 2.42. The molecule has 0 bridgehead atoms. The Kier molecular flexibility index (Phi) is 6.52. The Labute approximate surface area is 118 Å². The number of anilines is 1. The van der Waals surface area contributed by atoms with Crippen LogP contribution in [0.3, 0.4) is 0 Å². The number of rotatable bonds is 7. The molecule has 3 N–H and O–H groups in total. The molecule has 2 amide bonds. The SMILES string of the molecule is CNCCCNC(=O)N(CC(=O)O)c1ccc(C)cc1. The van der Waals surface area contributed by atoms with Crippen molar-refractivity contribution in [2.75, 3.05) is 31.6 Å². The highest BCUT2D eigenvalue weighted by Gasteiger charge is 2.18. The first-order valence-corrected chi connectivity index (χ1v) is 6.53. The molecule has 0 aliphatic heterocycles. The Hall–Kier alpha value is -2.08. The van der Waals surface area contributed by atoms with Gasteiger partial charge in [-0.3, -0.25) is 9.69 Å². The molecular weight excluding hydrogens is 258 g/mol. The van der Waals surface area contributed by atoms with Crippen molar-refractivity contribution in [3.8, 4) is 0 Å². The number of carbonyl (C=O) groups excluding carboxylic acids is 1. The minimum Gasteiger partial charge on any atom is -0.480 e. The number of aliphatic carboxylic acids is 1. The zero-order valence-electron chi connectivity index (χ0n) is 11.8. The molecule has 1 rings (SSSR count). The fraction of sp³-hybridized carbons (Fsp3) is 0.429. The summed E-state index contributed by atoms with van der Waals surface area (Å²) in [7, 11) is 1.84. The molecule has 0 aromatic heterocycles. The number of benzene rings is 1. The van der Waals surface area contributed by atoms with E-state index >= 15 is 0 Å². The number of aryl methyl sites for hydroxylation is 1. The Morgan fingerprint density at radius 1 is 1.20 bits per heavy atom. The lowest BCUT2D eigenvalue weighted by Crippen LogP contribution is -2.43. The molecule has 0 saturated heterocycles. The van der Waals surface area contributed by atoms with Crippen molar-refractivity contribution >= 4 is 17.7 Å². The summed E-state index contributed by atoms with van der Waals surface area (Å²) < 4.78 is 0. The predicted octanol–water partition coefficient (Wildman–Crippen LogP) is 1.21. The molecule has 0 unspecified atom stereocenters. The van der Waals surface area contributed by atoms with E-state index in [2.05, 4.69) is 10.6 Å². The summed E-state index contributed by atoms with van der Waals surface area (Å²) in [5.41, 5.74) is 1.63. The standard InChI is InChI=1S/C14H21N3O3/c1-11-4-6-12(7-5-11)17(10-13(18)19)14(20)16-9-3-8-15-2/h4-7,15H,3,8-10H2,1-2H3,(H,16,20)(H,18,19). The number of urea groups is 1. The molecule has 0 aliphatic rings. The molecule has 0 saturated carbocycles. The number of carboxylic acid groups (broad SMARTS) is 1. The van der Waals surface area contributed by atoms with Crippen LogP contribution in [0.1, 0.15) is 12.0 Å². The summed E-state index contributed by atoms with van der Waals surface area (Å²) >= 11 is 0. The molecule has 0 spiro atoms. The van der Waals surface area contributed by atoms with Crippen LogP contribution in [0.5, 0.6) is 0 Å². The van der Waals surface area contributed by atoms with Crippen molar-refractivity contribution in [3.05, 3.63) is 29.8 Å². The largest absolute Gasteiger partial charge is 0.480 e. The first-order valence-electron chi connectivity index (χ1n) is 6.53. The molecular formula is C14H21N3O3. The summed E-state index contributed by atoms with van der Waals surface area (Å²) in [5.74, 6) is -1.05. The molecule has 0 heterocycles. The summed E-state index contributed by atoms with van der Waals surface area (Å²) in [5, 5.41) is 14.6. The van der Waals surface area contributed by atoms with Gasteiger partial charge >= 0.3 is 12.0 Å². The van der Waals surface area contributed by atoms with Crippen LogP contribution < -0.4 is 15.5 Å². The Bertz CT molecular complexity index is 445. The van der Waals surface area contributed by atoms with Crippen LogP contribution in [0, 0.1) is 6.92 Å². The van der Waals surface area contributed by atoms with E-state index in [-0.39, 0.29) is 6.54 Å². The fourth-order valence-corrected chi connectivity index (χ4v) is 1.70. The number of amides is 2. The van der Waals surface area contributed by atoms with E-state index in [4.69, 9.17) is 5.11 Å². The van der Waals surface area contributed by atoms with Gasteiger partial charge in [-0.1, -0.05) is 17.7 Å². The lowest BCUT2D eigenvalue weighted by Gasteiger charge is -2.21. The second kappa shape index (κ2) is 8.16. The van der Waals surface area contributed by atoms with E-state index in [9.17, 15) is 9.59 Å². The van der Waals surface area contributed by atoms with Gasteiger partial charge in [0.25, 0.3) is 0 Å². The predicted molar refractivity (Wildman–Crippen MR) is 78.1 cm³/mol. The number of nitrogens with zero attached hydrogens (tertiary/aromatic N) is 1. The van der Waals surface area contributed by atoms with Crippen molar-refractivity contribution in [1.29, 1.82) is 0 Å². The van der Waals surface area contributed by atoms with Gasteiger partial charge in [-0.2, -0.15) is 0 Å². The van der Waals surface area contributed by atoms with Crippen LogP contribution in [-0.4, -0.2) is 43.8 Å². The van der Waals surface area contributed by atoms with Crippen molar-refractivity contribution in [2.24, 2.45) is 0 Å². The number of carboxylic acids is 1. The number of nitrogens with one attached hydrogen (secondary N) is 2. The average molecular weight is 279 g/mol. The maximum absolute atomic E-state index is 12.1. The fourth-order valence-electron chi connectivity index (χ4n) is 1.70. The van der Waals surface area contributed by atoms with E-state index in [1.165, 1.54) is 4.90 Å². The number of carbonyl (C=O) groups is 2. The maximum Gasteiger partial charge on any atom is 0.323 e. The van der Waals surface area contributed by atoms with Crippen LogP contribution in [-0.2, 0) is 4.79 Å². The minimum atomic E-state index is -1.05. The minimum absolute atomic E-state index is 0.360. The third-order valence-corrected chi connectivity index (χ3v) is 2.76. The van der Waals surface area contributed by atoms with Crippen molar-refractivity contribution < 1.29 is 14.7 Å². The first-order chi connectivity index (χ1) is 9.54. The van der Waals surface area contributed by atoms with Gasteiger partial charge < -0.3 is 15.7 Å². The Morgan fingerprint density at radius 3 is 2.40 bits per heavy atom. The quantitative estimate of drug-likeness (QED) is 0.655. The topological polar surface area (TPSA) is 81.7 Å². The van der Waals surface area contributed by atoms with Crippen LogP contribution in [0.4, 0.5) is 10.5 Å². The third kappa shape index (κ3) is 5.27. The molecule has 6 nitrogen and oxygen atoms in total. The normalized spacial score (nSPS) is 10.1. The van der Waals surface area contributed by atoms with Gasteiger partial charge in [-0.25, -0.2) is 4.79 Å². The second-order valence-corrected chi connectivity index (χ2v) is 4.50. The molecule has 20 heavy (non-hydrogen) atoms. The van der Waals surface area contributed by atoms with Crippen molar-refractivity contribution in [2.45, 2.75) is 13.3 Å². The molecule has 6 heteroatoms. The van der Waals surface area contributed by atoms with Crippen LogP contribution in [0.15, 0.2) is 24.3 Å². The van der Waals surface area contributed by atoms with E-state index in [1.54, 1.807) is 12.1 Å². The van der Waals surface area contributed by atoms with Crippen LogP contribution in [0.2, 0.25) is 0 Å². The van der Waals surface area contributed by atoms with Gasteiger partial charge in [0.2, 0.25) is 0 Å². The van der Waals surface area contributed by atoms with E-state index in [0.717, 1.165) is 18.5 Å². The highest BCUT2D eigenvalue weighted by molar-refractivity contribution is 5.96. The van der Waals surface area contributed by atoms with Crippen LogP contribution in [0.25, 0.3) is 0 Å². The molecule has 0 atom stereocenters. The summed E-state index contributed by atoms with van der Waals surface area (Å²) in [4.78, 5) is 24.2. The molecule has 0 aliphatic carbocycles. The van der Waals surface area contributed by atoms with Gasteiger partial charge in [0.1, 0.15) is 6.54 Å². The molecule has 0 fully saturated rings. The van der Waals surface area contributed by atoms with Gasteiger partial charge in [0.05, 0.1) is 0 Å². The van der Waals surface area contributed by atoms with Crippen LogP contribution >= 0.6 is 0 Å². The maximum atomic E-state index is 12.1. The summed E-state index contributed by atoms with van der Waals surface area (Å²) in [6.45, 7) is 2.87. The molecule has 110 valence electrons. The van der Waals surface area contributed by atoms with Gasteiger partial charge in [0.15, 0.2) is 0 Å². The highest BCUT2D eigenvalue weighted by Crippen LogP contribution is 2.15. The highest BCUT2D eigenvalue weighted by atomic mass is 16.4. The lowest BCUT2D eigenvalue weighted by molar-refractivity contribution is -0.135. The van der Waals surface area contributed by atoms with Gasteiger partial charge in [-0.05, 0) is 39.1 Å². The molecule has 1 aromatic carbocycles. The molecule has 0 radical (unpaired) electrons. The lowest BCUT2D eigenvalue weighted by atomic mass is 10.2. The van der Waals surface area contributed by atoms with Gasteiger partial charge in [0, 0.05) is 12.2 Å². The monoisotopic (exact) mass is 279 g/mol. The zero-order chi connectivity index (χ0) is 15.0. The van der Waals surface area contributed by atoms with E-state index < -0.39 is 12.0 Å². The second-order valence-electron chi connectivity index (χ2n) is 4.50. The van der Waals surface area contributed by atoms with Crippen molar-refractivity contribution in [1.82, 2.24) is 10.6 Å². The smallest absolute Gasteiger partial charge is 0.323 e. The summed E-state index contributed by atoms with van der Waals surface area (Å²) in [6, 6.07) is 6.78. The molecule has 1 aromatic rings. The first kappa shape index (κ1) is 16.0. The zero-order valence-corrected chi connectivity index (χ0v) is 11.8. The van der Waals surface area contributed by atoms with Crippen molar-refractivity contribution in [3.63, 3.8) is 0 Å². The number of hydrogen-bond acceptors (Lipinski definition) is 3. The Morgan fingerprint density at radius 2 is 1.85 bits per heavy atom. The van der Waals surface area contributed by atoms with E-state index in [1.807, 2.05) is 26.1 Å². The van der Waals surface area contributed by atoms with Gasteiger partial charge in [-0.15, -0.1) is 0 Å². The summed E-state index contributed by atoms with van der Waals surface area (Å²) in [6.07, 6.45) is 0.789.